The molecule has 1 atom stereocenters. The number of halogens is 2. The molecule has 3 nitrogen and oxygen atoms in total. The zero-order chi connectivity index (χ0) is 15.4. The molecule has 1 amide bonds. The number of ether oxygens (including phenoxy) is 1. The van der Waals surface area contributed by atoms with Crippen LogP contribution in [0.5, 0.6) is 5.75 Å². The van der Waals surface area contributed by atoms with E-state index in [2.05, 4.69) is 21.2 Å². The largest absolute Gasteiger partial charge is 0.496 e. The van der Waals surface area contributed by atoms with E-state index in [0.717, 1.165) is 15.8 Å². The Kier molecular flexibility index (Phi) is 5.26. The Balaban J connectivity index is 2.21. The van der Waals surface area contributed by atoms with Crippen molar-refractivity contribution >= 4 is 33.4 Å². The highest BCUT2D eigenvalue weighted by Gasteiger charge is 2.16. The number of para-hydroxylation sites is 1. The SMILES string of the molecule is COc1ccccc1[C@@H](C)NC(=O)c1cc(Br)ccc1Cl. The highest BCUT2D eigenvalue weighted by molar-refractivity contribution is 9.10. The summed E-state index contributed by atoms with van der Waals surface area (Å²) in [5, 5.41) is 3.35. The topological polar surface area (TPSA) is 38.3 Å². The molecule has 0 aliphatic rings. The standard InChI is InChI=1S/C16H15BrClNO2/c1-10(12-5-3-4-6-15(12)21-2)19-16(20)13-9-11(17)7-8-14(13)18/h3-10H,1-2H3,(H,19,20)/t10-/m1/s1. The normalized spacial score (nSPS) is 11.8. The van der Waals surface area contributed by atoms with Gasteiger partial charge in [0.05, 0.1) is 23.7 Å². The lowest BCUT2D eigenvalue weighted by atomic mass is 10.1. The Bertz CT molecular complexity index is 660. The van der Waals surface area contributed by atoms with E-state index in [-0.39, 0.29) is 11.9 Å². The van der Waals surface area contributed by atoms with Gasteiger partial charge < -0.3 is 10.1 Å². The van der Waals surface area contributed by atoms with E-state index >= 15 is 0 Å². The van der Waals surface area contributed by atoms with Crippen LogP contribution in [-0.4, -0.2) is 13.0 Å². The van der Waals surface area contributed by atoms with Gasteiger partial charge in [-0.3, -0.25) is 4.79 Å². The van der Waals surface area contributed by atoms with Crippen LogP contribution >= 0.6 is 27.5 Å². The Hall–Kier alpha value is -1.52. The summed E-state index contributed by atoms with van der Waals surface area (Å²) in [5.41, 5.74) is 1.35. The van der Waals surface area contributed by atoms with Gasteiger partial charge in [0.2, 0.25) is 0 Å². The third-order valence-corrected chi connectivity index (χ3v) is 3.95. The van der Waals surface area contributed by atoms with Gasteiger partial charge in [-0.25, -0.2) is 0 Å². The molecule has 0 spiro atoms. The Morgan fingerprint density at radius 1 is 1.29 bits per heavy atom. The first kappa shape index (κ1) is 15.9. The Morgan fingerprint density at radius 3 is 2.71 bits per heavy atom. The van der Waals surface area contributed by atoms with Gasteiger partial charge in [0, 0.05) is 10.0 Å². The number of nitrogens with one attached hydrogen (secondary N) is 1. The van der Waals surface area contributed by atoms with Crippen molar-refractivity contribution < 1.29 is 9.53 Å². The average molecular weight is 369 g/mol. The first-order valence-electron chi connectivity index (χ1n) is 6.41. The zero-order valence-electron chi connectivity index (χ0n) is 11.7. The number of hydrogen-bond acceptors (Lipinski definition) is 2. The van der Waals surface area contributed by atoms with Gasteiger partial charge in [-0.2, -0.15) is 0 Å². The number of hydrogen-bond donors (Lipinski definition) is 1. The van der Waals surface area contributed by atoms with Gasteiger partial charge in [-0.15, -0.1) is 0 Å². The maximum atomic E-state index is 12.3. The van der Waals surface area contributed by atoms with E-state index in [1.807, 2.05) is 31.2 Å². The number of methoxy groups -OCH3 is 1. The van der Waals surface area contributed by atoms with Gasteiger partial charge >= 0.3 is 0 Å². The number of rotatable bonds is 4. The fourth-order valence-electron chi connectivity index (χ4n) is 2.05. The first-order valence-corrected chi connectivity index (χ1v) is 7.59. The maximum Gasteiger partial charge on any atom is 0.253 e. The van der Waals surface area contributed by atoms with Crippen LogP contribution in [0.15, 0.2) is 46.9 Å². The maximum absolute atomic E-state index is 12.3. The molecular formula is C16H15BrClNO2. The second-order valence-corrected chi connectivity index (χ2v) is 5.88. The molecule has 0 bridgehead atoms. The Morgan fingerprint density at radius 2 is 2.00 bits per heavy atom. The van der Waals surface area contributed by atoms with Crippen LogP contribution in [0.1, 0.15) is 28.9 Å². The Labute approximate surface area is 137 Å². The van der Waals surface area contributed by atoms with Crippen LogP contribution in [0.3, 0.4) is 0 Å². The molecule has 0 aromatic heterocycles. The molecule has 2 aromatic carbocycles. The van der Waals surface area contributed by atoms with Gasteiger partial charge in [-0.1, -0.05) is 45.7 Å². The van der Waals surface area contributed by atoms with Crippen LogP contribution in [-0.2, 0) is 0 Å². The van der Waals surface area contributed by atoms with Crippen LogP contribution in [0.2, 0.25) is 5.02 Å². The lowest BCUT2D eigenvalue weighted by Crippen LogP contribution is -2.27. The minimum atomic E-state index is -0.222. The molecule has 0 heterocycles. The molecule has 1 N–H and O–H groups in total. The lowest BCUT2D eigenvalue weighted by Gasteiger charge is -2.17. The molecule has 0 unspecified atom stereocenters. The highest BCUT2D eigenvalue weighted by atomic mass is 79.9. The second kappa shape index (κ2) is 6.96. The van der Waals surface area contributed by atoms with Crippen molar-refractivity contribution in [3.63, 3.8) is 0 Å². The molecule has 0 saturated heterocycles. The monoisotopic (exact) mass is 367 g/mol. The molecule has 21 heavy (non-hydrogen) atoms. The van der Waals surface area contributed by atoms with Crippen LogP contribution in [0, 0.1) is 0 Å². The summed E-state index contributed by atoms with van der Waals surface area (Å²) in [4.78, 5) is 12.3. The van der Waals surface area contributed by atoms with E-state index in [1.54, 1.807) is 25.3 Å². The predicted molar refractivity (Wildman–Crippen MR) is 88.0 cm³/mol. The van der Waals surface area contributed by atoms with E-state index in [4.69, 9.17) is 16.3 Å². The van der Waals surface area contributed by atoms with Crippen molar-refractivity contribution in [3.05, 3.63) is 63.1 Å². The quantitative estimate of drug-likeness (QED) is 0.856. The van der Waals surface area contributed by atoms with E-state index < -0.39 is 0 Å². The first-order chi connectivity index (χ1) is 10.0. The summed E-state index contributed by atoms with van der Waals surface area (Å²) < 4.78 is 6.12. The summed E-state index contributed by atoms with van der Waals surface area (Å²) >= 11 is 9.41. The van der Waals surface area contributed by atoms with Crippen molar-refractivity contribution in [2.45, 2.75) is 13.0 Å². The minimum Gasteiger partial charge on any atom is -0.496 e. The lowest BCUT2D eigenvalue weighted by molar-refractivity contribution is 0.0939. The molecule has 2 rings (SSSR count). The second-order valence-electron chi connectivity index (χ2n) is 4.56. The van der Waals surface area contributed by atoms with Crippen molar-refractivity contribution in [2.75, 3.05) is 7.11 Å². The summed E-state index contributed by atoms with van der Waals surface area (Å²) in [6.07, 6.45) is 0. The molecule has 0 radical (unpaired) electrons. The minimum absolute atomic E-state index is 0.191. The van der Waals surface area contributed by atoms with Gasteiger partial charge in [0.25, 0.3) is 5.91 Å². The summed E-state index contributed by atoms with van der Waals surface area (Å²) in [5.74, 6) is 0.519. The van der Waals surface area contributed by atoms with E-state index in [0.29, 0.717) is 10.6 Å². The summed E-state index contributed by atoms with van der Waals surface area (Å²) in [6, 6.07) is 12.6. The summed E-state index contributed by atoms with van der Waals surface area (Å²) in [6.45, 7) is 1.90. The van der Waals surface area contributed by atoms with E-state index in [1.165, 1.54) is 0 Å². The van der Waals surface area contributed by atoms with Crippen LogP contribution in [0.25, 0.3) is 0 Å². The van der Waals surface area contributed by atoms with Crippen molar-refractivity contribution in [1.82, 2.24) is 5.32 Å². The number of benzene rings is 2. The molecule has 110 valence electrons. The third kappa shape index (κ3) is 3.77. The van der Waals surface area contributed by atoms with E-state index in [9.17, 15) is 4.79 Å². The molecule has 2 aromatic rings. The van der Waals surface area contributed by atoms with Crippen molar-refractivity contribution in [1.29, 1.82) is 0 Å². The summed E-state index contributed by atoms with van der Waals surface area (Å²) in [7, 11) is 1.61. The van der Waals surface area contributed by atoms with Gasteiger partial charge in [-0.05, 0) is 31.2 Å². The van der Waals surface area contributed by atoms with Crippen molar-refractivity contribution in [3.8, 4) is 5.75 Å². The average Bonchev–Trinajstić information content (AvgIpc) is 2.49. The number of carbonyl (C=O) groups excluding carboxylic acids is 1. The molecular weight excluding hydrogens is 354 g/mol. The number of amides is 1. The van der Waals surface area contributed by atoms with Crippen LogP contribution < -0.4 is 10.1 Å². The van der Waals surface area contributed by atoms with Crippen molar-refractivity contribution in [2.24, 2.45) is 0 Å². The fourth-order valence-corrected chi connectivity index (χ4v) is 2.61. The van der Waals surface area contributed by atoms with Crippen LogP contribution in [0.4, 0.5) is 0 Å². The number of carbonyl (C=O) groups is 1. The molecule has 5 heteroatoms. The van der Waals surface area contributed by atoms with Gasteiger partial charge in [0.1, 0.15) is 5.75 Å². The molecule has 0 aliphatic carbocycles. The smallest absolute Gasteiger partial charge is 0.253 e. The zero-order valence-corrected chi connectivity index (χ0v) is 14.0. The molecule has 0 fully saturated rings. The molecule has 0 aliphatic heterocycles. The third-order valence-electron chi connectivity index (χ3n) is 3.13. The predicted octanol–water partition coefficient (Wildman–Crippen LogP) is 4.60. The van der Waals surface area contributed by atoms with Gasteiger partial charge in [0.15, 0.2) is 0 Å². The highest BCUT2D eigenvalue weighted by Crippen LogP contribution is 2.26. The fraction of sp³-hybridized carbons (Fsp3) is 0.188. The molecule has 0 saturated carbocycles.